The lowest BCUT2D eigenvalue weighted by Crippen LogP contribution is -2.17. The van der Waals surface area contributed by atoms with Gasteiger partial charge in [0.1, 0.15) is 0 Å². The summed E-state index contributed by atoms with van der Waals surface area (Å²) in [6.45, 7) is 5.24. The molecule has 2 heterocycles. The second kappa shape index (κ2) is 12.8. The van der Waals surface area contributed by atoms with E-state index >= 15 is 0 Å². The van der Waals surface area contributed by atoms with E-state index in [0.29, 0.717) is 11.4 Å². The van der Waals surface area contributed by atoms with Crippen molar-refractivity contribution in [1.29, 1.82) is 0 Å². The Morgan fingerprint density at radius 2 is 1.79 bits per heavy atom. The molecule has 0 spiro atoms. The van der Waals surface area contributed by atoms with Gasteiger partial charge in [0.05, 0.1) is 18.2 Å². The zero-order valence-corrected chi connectivity index (χ0v) is 23.1. The molecule has 200 valence electrons. The Bertz CT molecular complexity index is 1410. The number of amides is 1. The quantitative estimate of drug-likeness (QED) is 0.184. The maximum Gasteiger partial charge on any atom is 0.248 e. The molecule has 4 aromatic rings. The van der Waals surface area contributed by atoms with Crippen molar-refractivity contribution in [2.75, 3.05) is 23.3 Å². The number of carbonyl (C=O) groups excluding carboxylic acids is 1. The van der Waals surface area contributed by atoms with Crippen LogP contribution in [0.15, 0.2) is 96.3 Å². The van der Waals surface area contributed by atoms with Gasteiger partial charge in [-0.3, -0.25) is 4.79 Å². The molecular formula is C32H34N4O2S. The van der Waals surface area contributed by atoms with Crippen LogP contribution in [-0.4, -0.2) is 33.1 Å². The van der Waals surface area contributed by atoms with E-state index in [1.165, 1.54) is 24.6 Å². The Kier molecular flexibility index (Phi) is 8.81. The fourth-order valence-electron chi connectivity index (χ4n) is 4.84. The van der Waals surface area contributed by atoms with Crippen LogP contribution >= 0.6 is 0 Å². The van der Waals surface area contributed by atoms with Crippen molar-refractivity contribution >= 4 is 34.5 Å². The predicted molar refractivity (Wildman–Crippen MR) is 160 cm³/mol. The molecule has 6 nitrogen and oxygen atoms in total. The Morgan fingerprint density at radius 1 is 1.03 bits per heavy atom. The third kappa shape index (κ3) is 6.99. The fourth-order valence-corrected chi connectivity index (χ4v) is 5.95. The Morgan fingerprint density at radius 3 is 2.54 bits per heavy atom. The first-order valence-electron chi connectivity index (χ1n) is 13.5. The topological polar surface area (TPSA) is 73.2 Å². The highest BCUT2D eigenvalue weighted by Gasteiger charge is 2.15. The summed E-state index contributed by atoms with van der Waals surface area (Å²) in [7, 11) is 0. The maximum absolute atomic E-state index is 12.8. The van der Waals surface area contributed by atoms with E-state index in [2.05, 4.69) is 58.5 Å². The van der Waals surface area contributed by atoms with Crippen molar-refractivity contribution in [3.8, 4) is 11.1 Å². The number of hydrogen-bond donors (Lipinski definition) is 1. The number of anilines is 2. The second-order valence-corrected chi connectivity index (χ2v) is 11.2. The molecule has 7 heteroatoms. The highest BCUT2D eigenvalue weighted by molar-refractivity contribution is 7.90. The molecule has 0 radical (unpaired) electrons. The third-order valence-corrected chi connectivity index (χ3v) is 8.27. The van der Waals surface area contributed by atoms with Crippen LogP contribution in [0.25, 0.3) is 17.2 Å². The van der Waals surface area contributed by atoms with Crippen LogP contribution < -0.4 is 10.2 Å². The van der Waals surface area contributed by atoms with Gasteiger partial charge in [-0.05, 0) is 95.7 Å². The normalized spacial score (nSPS) is 14.2. The predicted octanol–water partition coefficient (Wildman–Crippen LogP) is 6.52. The first-order chi connectivity index (χ1) is 19.1. The molecule has 1 aliphatic heterocycles. The van der Waals surface area contributed by atoms with Gasteiger partial charge in [0.15, 0.2) is 10.6 Å². The molecule has 3 aromatic carbocycles. The van der Waals surface area contributed by atoms with Gasteiger partial charge in [0.25, 0.3) is 0 Å². The number of rotatable bonds is 10. The van der Waals surface area contributed by atoms with Crippen molar-refractivity contribution in [3.63, 3.8) is 0 Å². The van der Waals surface area contributed by atoms with E-state index in [-0.39, 0.29) is 5.91 Å². The van der Waals surface area contributed by atoms with Crippen molar-refractivity contribution in [1.82, 2.24) is 9.55 Å². The molecule has 1 N–H and O–H groups in total. The van der Waals surface area contributed by atoms with Gasteiger partial charge in [-0.15, -0.1) is 0 Å². The van der Waals surface area contributed by atoms with Crippen molar-refractivity contribution in [3.05, 3.63) is 103 Å². The summed E-state index contributed by atoms with van der Waals surface area (Å²) in [6, 6.07) is 24.1. The summed E-state index contributed by atoms with van der Waals surface area (Å²) in [6.07, 6.45) is 10.4. The molecule has 0 bridgehead atoms. The monoisotopic (exact) mass is 538 g/mol. The van der Waals surface area contributed by atoms with Crippen LogP contribution in [0.3, 0.4) is 0 Å². The van der Waals surface area contributed by atoms with E-state index in [1.807, 2.05) is 22.8 Å². The summed E-state index contributed by atoms with van der Waals surface area (Å²) in [5.41, 5.74) is 6.13. The molecule has 1 saturated heterocycles. The van der Waals surface area contributed by atoms with Crippen LogP contribution in [0.4, 0.5) is 11.4 Å². The fraction of sp³-hybridized carbons (Fsp3) is 0.250. The molecule has 0 aliphatic carbocycles. The summed E-state index contributed by atoms with van der Waals surface area (Å²) in [4.78, 5) is 19.9. The van der Waals surface area contributed by atoms with E-state index in [4.69, 9.17) is 0 Å². The Labute approximate surface area is 233 Å². The minimum Gasteiger partial charge on any atom is -0.611 e. The zero-order valence-electron chi connectivity index (χ0n) is 22.3. The Hall–Kier alpha value is -3.81. The molecule has 1 aromatic heterocycles. The van der Waals surface area contributed by atoms with Gasteiger partial charge in [-0.25, -0.2) is 4.98 Å². The van der Waals surface area contributed by atoms with Crippen molar-refractivity contribution < 1.29 is 9.35 Å². The van der Waals surface area contributed by atoms with Gasteiger partial charge in [-0.1, -0.05) is 37.3 Å². The van der Waals surface area contributed by atoms with Crippen LogP contribution in [0.5, 0.6) is 0 Å². The number of benzene rings is 3. The lowest BCUT2D eigenvalue weighted by atomic mass is 10.0. The van der Waals surface area contributed by atoms with E-state index in [0.717, 1.165) is 53.3 Å². The lowest BCUT2D eigenvalue weighted by Gasteiger charge is -2.17. The third-order valence-electron chi connectivity index (χ3n) is 6.91. The van der Waals surface area contributed by atoms with Gasteiger partial charge >= 0.3 is 0 Å². The van der Waals surface area contributed by atoms with Gasteiger partial charge in [0, 0.05) is 37.1 Å². The standard InChI is InChI=1S/C32H34N4O2S/c1-2-18-36-24-33-22-30(36)23-39(38)31-15-11-28(12-16-31)34-32(37)17-8-25-6-5-7-27(21-25)26-9-13-29(14-10-26)35-19-3-4-20-35/h5-17,21-22,24H,2-4,18-20,23H2,1H3,(H,34,37)/b17-8+/t39-/m1/s1. The number of nitrogens with one attached hydrogen (secondary N) is 1. The SMILES string of the molecule is CCCn1cncc1C[S@@+]([O-])c1ccc(NC(=O)/C=C/c2cccc(-c3ccc(N4CCCC4)cc3)c2)cc1. The van der Waals surface area contributed by atoms with Gasteiger partial charge in [0.2, 0.25) is 5.91 Å². The largest absolute Gasteiger partial charge is 0.611 e. The average Bonchev–Trinajstić information content (AvgIpc) is 3.66. The first kappa shape index (κ1) is 26.8. The minimum atomic E-state index is -1.19. The first-order valence-corrected chi connectivity index (χ1v) is 14.8. The molecule has 1 aliphatic rings. The van der Waals surface area contributed by atoms with E-state index in [9.17, 15) is 9.35 Å². The summed E-state index contributed by atoms with van der Waals surface area (Å²) in [5, 5.41) is 2.89. The maximum atomic E-state index is 12.8. The number of carbonyl (C=O) groups is 1. The molecule has 39 heavy (non-hydrogen) atoms. The van der Waals surface area contributed by atoms with Crippen molar-refractivity contribution in [2.45, 2.75) is 43.4 Å². The summed E-state index contributed by atoms with van der Waals surface area (Å²) in [5.74, 6) is 0.198. The van der Waals surface area contributed by atoms with Crippen LogP contribution in [0.2, 0.25) is 0 Å². The molecule has 0 saturated carbocycles. The molecule has 1 fully saturated rings. The molecule has 1 amide bonds. The van der Waals surface area contributed by atoms with Gasteiger partial charge in [-0.2, -0.15) is 0 Å². The van der Waals surface area contributed by atoms with Crippen LogP contribution in [0, 0.1) is 0 Å². The average molecular weight is 539 g/mol. The number of aromatic nitrogens is 2. The highest BCUT2D eigenvalue weighted by Crippen LogP contribution is 2.26. The number of aryl methyl sites for hydroxylation is 1. The zero-order chi connectivity index (χ0) is 27.0. The Balaban J connectivity index is 1.16. The summed E-state index contributed by atoms with van der Waals surface area (Å²) < 4.78 is 14.9. The van der Waals surface area contributed by atoms with E-state index in [1.54, 1.807) is 36.8 Å². The molecular weight excluding hydrogens is 504 g/mol. The smallest absolute Gasteiger partial charge is 0.248 e. The summed E-state index contributed by atoms with van der Waals surface area (Å²) >= 11 is -1.19. The van der Waals surface area contributed by atoms with Gasteiger partial charge < -0.3 is 19.3 Å². The molecule has 0 unspecified atom stereocenters. The van der Waals surface area contributed by atoms with E-state index < -0.39 is 11.2 Å². The lowest BCUT2D eigenvalue weighted by molar-refractivity contribution is -0.111. The molecule has 1 atom stereocenters. The van der Waals surface area contributed by atoms with Crippen molar-refractivity contribution in [2.24, 2.45) is 0 Å². The second-order valence-electron chi connectivity index (χ2n) is 9.78. The number of nitrogens with zero attached hydrogens (tertiary/aromatic N) is 3. The van der Waals surface area contributed by atoms with Crippen LogP contribution in [-0.2, 0) is 28.3 Å². The molecule has 5 rings (SSSR count). The highest BCUT2D eigenvalue weighted by atomic mass is 32.2. The number of hydrogen-bond acceptors (Lipinski definition) is 4. The number of imidazole rings is 1. The van der Waals surface area contributed by atoms with Crippen LogP contribution in [0.1, 0.15) is 37.4 Å². The minimum absolute atomic E-state index is 0.215.